The van der Waals surface area contributed by atoms with Crippen LogP contribution < -0.4 is 17.0 Å². The summed E-state index contributed by atoms with van der Waals surface area (Å²) in [6, 6.07) is 0. The van der Waals surface area contributed by atoms with Gasteiger partial charge >= 0.3 is 15.5 Å². The van der Waals surface area contributed by atoms with Crippen LogP contribution in [0, 0.1) is 0 Å². The number of imidazole rings is 2. The van der Waals surface area contributed by atoms with Gasteiger partial charge in [-0.1, -0.05) is 0 Å². The van der Waals surface area contributed by atoms with Crippen LogP contribution in [0.3, 0.4) is 0 Å². The minimum absolute atomic E-state index is 0.0135. The number of aliphatic hydroxyl groups excluding tert-OH is 2. The zero-order valence-corrected chi connectivity index (χ0v) is 30.7. The molecule has 5 aliphatic rings. The van der Waals surface area contributed by atoms with E-state index in [1.165, 1.54) is 37.5 Å². The molecule has 0 radical (unpaired) electrons. The number of nitrogen functional groups attached to an aromatic ring is 2. The van der Waals surface area contributed by atoms with Gasteiger partial charge in [0.05, 0.1) is 52.3 Å². The fourth-order valence-electron chi connectivity index (χ4n) is 7.19. The van der Waals surface area contributed by atoms with E-state index in [1.807, 2.05) is 0 Å². The van der Waals surface area contributed by atoms with E-state index in [1.54, 1.807) is 0 Å². The molecule has 9 rings (SSSR count). The maximum absolute atomic E-state index is 15.1. The second-order valence-electron chi connectivity index (χ2n) is 13.3. The lowest BCUT2D eigenvalue weighted by Crippen LogP contribution is -2.41. The second-order valence-corrected chi connectivity index (χ2v) is 17.2. The highest BCUT2D eigenvalue weighted by molar-refractivity contribution is 7.51. The summed E-state index contributed by atoms with van der Waals surface area (Å²) in [5, 5.41) is 23.7. The van der Waals surface area contributed by atoms with E-state index in [2.05, 4.69) is 29.9 Å². The molecule has 25 nitrogen and oxygen atoms in total. The summed E-state index contributed by atoms with van der Waals surface area (Å²) >= 11 is 0. The van der Waals surface area contributed by atoms with Gasteiger partial charge in [0.15, 0.2) is 35.1 Å². The van der Waals surface area contributed by atoms with Gasteiger partial charge in [-0.15, -0.1) is 0 Å². The number of nitrogens with one attached hydrogen (secondary N) is 1. The Morgan fingerprint density at radius 1 is 0.727 bits per heavy atom. The van der Waals surface area contributed by atoms with Crippen molar-refractivity contribution in [1.29, 1.82) is 0 Å². The summed E-state index contributed by atoms with van der Waals surface area (Å²) < 4.78 is 84.3. The summed E-state index contributed by atoms with van der Waals surface area (Å²) in [6.07, 6.45) is -7.33. The van der Waals surface area contributed by atoms with Gasteiger partial charge in [0, 0.05) is 26.2 Å². The zero-order valence-electron chi connectivity index (χ0n) is 28.9. The lowest BCUT2D eigenvalue weighted by molar-refractivity contribution is -0.0679. The second kappa shape index (κ2) is 14.5. The zero-order chi connectivity index (χ0) is 38.1. The average Bonchev–Trinajstić information content (AvgIpc) is 3.95. The van der Waals surface area contributed by atoms with E-state index in [4.69, 9.17) is 48.5 Å². The fraction of sp³-hybridized carbons (Fsp3) is 0.643. The summed E-state index contributed by atoms with van der Waals surface area (Å²) in [6.45, 7) is 0.176. The standard InChI is InChI=1S/C28H38N12O13P2/c29-22-16-23(32-11-31-22)39(12-33-16)26-19(42)20-15(51-26)10-49-55(45,38-3-7-47-8-4-38)53-21-18(41)14(9-48-54(44,52-20)37-1-5-46-6-2-37)50-27(21)40-13-34-17-24(40)35-28(30)36-25(17)43/h11-15,18-21,26-27,41-42H,1-10H2,(H2,29,31,32)(H3,30,35,36,43)/t14-,15-,18?,19+,20?,21+,26-,27-,54?,55?/m1/s1. The largest absolute Gasteiger partial charge is 0.408 e. The first kappa shape index (κ1) is 37.1. The number of nitrogens with zero attached hydrogens (tertiary/aromatic N) is 9. The number of fused-ring (bicyclic) bond motifs is 5. The van der Waals surface area contributed by atoms with E-state index in [-0.39, 0.29) is 86.7 Å². The normalized spacial score (nSPS) is 37.1. The third-order valence-corrected chi connectivity index (χ3v) is 14.1. The molecule has 0 aliphatic carbocycles. The van der Waals surface area contributed by atoms with E-state index >= 15 is 9.13 Å². The van der Waals surface area contributed by atoms with E-state index in [0.29, 0.717) is 0 Å². The monoisotopic (exact) mass is 812 g/mol. The van der Waals surface area contributed by atoms with Gasteiger partial charge in [0.25, 0.3) is 5.56 Å². The molecule has 5 aliphatic heterocycles. The number of hydrogen-bond acceptors (Lipinski definition) is 20. The van der Waals surface area contributed by atoms with Gasteiger partial charge in [-0.2, -0.15) is 4.98 Å². The minimum atomic E-state index is -4.45. The third kappa shape index (κ3) is 6.56. The molecule has 27 heteroatoms. The maximum atomic E-state index is 15.1. The molecule has 4 aromatic heterocycles. The highest BCUT2D eigenvalue weighted by atomic mass is 31.2. The van der Waals surface area contributed by atoms with Gasteiger partial charge in [-0.25, -0.2) is 38.4 Å². The van der Waals surface area contributed by atoms with Gasteiger partial charge in [-0.05, 0) is 0 Å². The quantitative estimate of drug-likeness (QED) is 0.144. The SMILES string of the molecule is Nc1nc2c(ncn2[C@@H]2O[C@@H]3COP(=O)(N4CCOCC4)OC4[C@@H](COP(=O)(N5CCOCC5)O[C@H]2C3O)O[C@@H](n2cnc3c(N)ncnc32)[C@H]4O)c(=O)[nH]1. The van der Waals surface area contributed by atoms with E-state index in [9.17, 15) is 15.0 Å². The molecule has 2 bridgehead atoms. The number of anilines is 2. The van der Waals surface area contributed by atoms with Gasteiger partial charge in [0.2, 0.25) is 5.95 Å². The highest BCUT2D eigenvalue weighted by Gasteiger charge is 2.56. The number of H-pyrrole nitrogens is 1. The molecule has 4 unspecified atom stereocenters. The molecule has 9 heterocycles. The first-order valence-electron chi connectivity index (χ1n) is 17.4. The van der Waals surface area contributed by atoms with Crippen molar-refractivity contribution < 1.29 is 56.4 Å². The first-order valence-corrected chi connectivity index (χ1v) is 20.4. The van der Waals surface area contributed by atoms with Gasteiger partial charge < -0.3 is 40.6 Å². The highest BCUT2D eigenvalue weighted by Crippen LogP contribution is 2.59. The Kier molecular flexibility index (Phi) is 9.74. The predicted octanol–water partition coefficient (Wildman–Crippen LogP) is -1.66. The van der Waals surface area contributed by atoms with Crippen LogP contribution in [0.25, 0.3) is 22.3 Å². The Labute approximate surface area is 309 Å². The number of nitrogens with two attached hydrogens (primary N) is 2. The molecule has 5 saturated heterocycles. The Balaban J connectivity index is 1.12. The lowest BCUT2D eigenvalue weighted by Gasteiger charge is -2.36. The van der Waals surface area contributed by atoms with Crippen LogP contribution in [-0.2, 0) is 46.2 Å². The molecule has 298 valence electrons. The van der Waals surface area contributed by atoms with Crippen LogP contribution in [0.5, 0.6) is 0 Å². The maximum Gasteiger partial charge on any atom is 0.408 e. The number of rotatable bonds is 4. The van der Waals surface area contributed by atoms with Crippen molar-refractivity contribution in [1.82, 2.24) is 48.4 Å². The van der Waals surface area contributed by atoms with E-state index < -0.39 is 83.3 Å². The average molecular weight is 813 g/mol. The first-order chi connectivity index (χ1) is 26.5. The van der Waals surface area contributed by atoms with E-state index in [0.717, 1.165) is 0 Å². The van der Waals surface area contributed by atoms with Crippen molar-refractivity contribution in [2.45, 2.75) is 49.1 Å². The van der Waals surface area contributed by atoms with Crippen LogP contribution in [-0.4, -0.2) is 161 Å². The number of morpholine rings is 2. The van der Waals surface area contributed by atoms with Crippen molar-refractivity contribution in [2.24, 2.45) is 0 Å². The molecule has 0 amide bonds. The molecule has 0 spiro atoms. The Bertz CT molecular complexity index is 2210. The van der Waals surface area contributed by atoms with Crippen LogP contribution in [0.15, 0.2) is 23.8 Å². The summed E-state index contributed by atoms with van der Waals surface area (Å²) in [4.78, 5) is 35.9. The van der Waals surface area contributed by atoms with Crippen molar-refractivity contribution in [3.05, 3.63) is 29.3 Å². The number of aromatic nitrogens is 8. The smallest absolute Gasteiger partial charge is 0.387 e. The van der Waals surface area contributed by atoms with Crippen molar-refractivity contribution in [2.75, 3.05) is 77.3 Å². The Morgan fingerprint density at radius 3 is 1.98 bits per heavy atom. The molecule has 5 fully saturated rings. The summed E-state index contributed by atoms with van der Waals surface area (Å²) in [5.41, 5.74) is 11.6. The summed E-state index contributed by atoms with van der Waals surface area (Å²) in [7, 11) is -8.86. The van der Waals surface area contributed by atoms with Crippen molar-refractivity contribution >= 4 is 49.6 Å². The lowest BCUT2D eigenvalue weighted by atomic mass is 10.1. The van der Waals surface area contributed by atoms with Crippen LogP contribution in [0.4, 0.5) is 11.8 Å². The minimum Gasteiger partial charge on any atom is -0.387 e. The summed E-state index contributed by atoms with van der Waals surface area (Å²) in [5.74, 6) is -0.117. The number of ether oxygens (including phenoxy) is 4. The molecule has 4 aromatic rings. The molecular formula is C28H38N12O13P2. The van der Waals surface area contributed by atoms with Crippen LogP contribution >= 0.6 is 15.5 Å². The van der Waals surface area contributed by atoms with Crippen molar-refractivity contribution in [3.63, 3.8) is 0 Å². The molecule has 10 atom stereocenters. The number of aromatic amines is 1. The van der Waals surface area contributed by atoms with Crippen LogP contribution in [0.1, 0.15) is 12.5 Å². The molecule has 55 heavy (non-hydrogen) atoms. The molecule has 0 saturated carbocycles. The van der Waals surface area contributed by atoms with Gasteiger partial charge in [-0.3, -0.25) is 37.0 Å². The Morgan fingerprint density at radius 2 is 1.31 bits per heavy atom. The molecule has 7 N–H and O–H groups in total. The van der Waals surface area contributed by atoms with Crippen LogP contribution in [0.2, 0.25) is 0 Å². The van der Waals surface area contributed by atoms with Crippen molar-refractivity contribution in [3.8, 4) is 0 Å². The Hall–Kier alpha value is -3.52. The van der Waals surface area contributed by atoms with Gasteiger partial charge in [0.1, 0.15) is 48.5 Å². The number of aliphatic hydroxyl groups is 2. The topological polar surface area (TPSA) is 314 Å². The third-order valence-electron chi connectivity index (χ3n) is 9.99. The predicted molar refractivity (Wildman–Crippen MR) is 184 cm³/mol. The molecule has 0 aromatic carbocycles. The molecular weight excluding hydrogens is 774 g/mol. The fourth-order valence-corrected chi connectivity index (χ4v) is 11.0. The number of hydrogen-bond donors (Lipinski definition) is 5.